The Balaban J connectivity index is 1.74. The highest BCUT2D eigenvalue weighted by Gasteiger charge is 2.27. The predicted octanol–water partition coefficient (Wildman–Crippen LogP) is 4.45. The molecule has 5 heteroatoms. The lowest BCUT2D eigenvalue weighted by molar-refractivity contribution is 0.525. The highest BCUT2D eigenvalue weighted by atomic mass is 35.5. The van der Waals surface area contributed by atoms with Crippen molar-refractivity contribution in [3.05, 3.63) is 52.9 Å². The average molecular weight is 303 g/mol. The normalized spacial score (nSPS) is 17.6. The lowest BCUT2D eigenvalue weighted by Gasteiger charge is -2.01. The van der Waals surface area contributed by atoms with Gasteiger partial charge in [0.2, 0.25) is 5.89 Å². The summed E-state index contributed by atoms with van der Waals surface area (Å²) in [6.45, 7) is 0. The smallest absolute Gasteiger partial charge is 0.209 e. The molecular formula is C15H11ClN2OS. The van der Waals surface area contributed by atoms with Crippen LogP contribution in [0.5, 0.6) is 0 Å². The first-order chi connectivity index (χ1) is 9.70. The minimum Gasteiger partial charge on any atom is -0.439 e. The Morgan fingerprint density at radius 1 is 1.30 bits per heavy atom. The standard InChI is InChI=1S/C15H11ClN2OS/c16-9-6-11-12(7-10(9)17)19-15(18-11)14-5-8-3-1-2-4-13(8)20-14/h1-4,6-7,14H,5,17H2. The second-order valence-electron chi connectivity index (χ2n) is 4.81. The number of thioether (sulfide) groups is 1. The molecule has 1 aromatic heterocycles. The van der Waals surface area contributed by atoms with Gasteiger partial charge in [0.1, 0.15) is 5.52 Å². The molecule has 0 fully saturated rings. The van der Waals surface area contributed by atoms with Crippen molar-refractivity contribution in [2.24, 2.45) is 0 Å². The quantitative estimate of drug-likeness (QED) is 0.675. The number of nitrogens with two attached hydrogens (primary N) is 1. The summed E-state index contributed by atoms with van der Waals surface area (Å²) in [6.07, 6.45) is 0.941. The van der Waals surface area contributed by atoms with Crippen molar-refractivity contribution >= 4 is 40.1 Å². The van der Waals surface area contributed by atoms with Crippen molar-refractivity contribution in [2.75, 3.05) is 5.73 Å². The van der Waals surface area contributed by atoms with Gasteiger partial charge >= 0.3 is 0 Å². The van der Waals surface area contributed by atoms with E-state index in [0.29, 0.717) is 16.3 Å². The van der Waals surface area contributed by atoms with Crippen LogP contribution in [0.25, 0.3) is 11.1 Å². The van der Waals surface area contributed by atoms with Crippen LogP contribution in [0.1, 0.15) is 16.7 Å². The van der Waals surface area contributed by atoms with Gasteiger partial charge in [-0.1, -0.05) is 29.8 Å². The van der Waals surface area contributed by atoms with Crippen molar-refractivity contribution in [2.45, 2.75) is 16.6 Å². The number of oxazole rings is 1. The van der Waals surface area contributed by atoms with E-state index in [2.05, 4.69) is 29.2 Å². The van der Waals surface area contributed by atoms with Crippen LogP contribution in [-0.4, -0.2) is 4.98 Å². The van der Waals surface area contributed by atoms with Gasteiger partial charge in [-0.3, -0.25) is 0 Å². The van der Waals surface area contributed by atoms with Crippen molar-refractivity contribution in [1.82, 2.24) is 4.98 Å². The largest absolute Gasteiger partial charge is 0.439 e. The Morgan fingerprint density at radius 3 is 3.00 bits per heavy atom. The second kappa shape index (κ2) is 4.43. The van der Waals surface area contributed by atoms with Gasteiger partial charge in [0.05, 0.1) is 16.0 Å². The maximum absolute atomic E-state index is 6.02. The van der Waals surface area contributed by atoms with Crippen molar-refractivity contribution < 1.29 is 4.42 Å². The molecule has 0 spiro atoms. The molecule has 4 rings (SSSR count). The number of nitrogen functional groups attached to an aromatic ring is 1. The van der Waals surface area contributed by atoms with E-state index in [1.807, 2.05) is 0 Å². The molecule has 3 aromatic rings. The molecule has 20 heavy (non-hydrogen) atoms. The molecule has 0 bridgehead atoms. The lowest BCUT2D eigenvalue weighted by Crippen LogP contribution is -1.91. The fourth-order valence-corrected chi connectivity index (χ4v) is 3.83. The number of fused-ring (bicyclic) bond motifs is 2. The molecule has 3 nitrogen and oxygen atoms in total. The first-order valence-corrected chi connectivity index (χ1v) is 7.56. The number of hydrogen-bond acceptors (Lipinski definition) is 4. The summed E-state index contributed by atoms with van der Waals surface area (Å²) >= 11 is 7.81. The Kier molecular flexibility index (Phi) is 2.69. The van der Waals surface area contributed by atoms with E-state index in [9.17, 15) is 0 Å². The molecule has 2 aromatic carbocycles. The third-order valence-corrected chi connectivity index (χ3v) is 5.08. The SMILES string of the molecule is Nc1cc2oc(C3Cc4ccccc4S3)nc2cc1Cl. The summed E-state index contributed by atoms with van der Waals surface area (Å²) in [7, 11) is 0. The van der Waals surface area contributed by atoms with E-state index >= 15 is 0 Å². The van der Waals surface area contributed by atoms with Crippen LogP contribution >= 0.6 is 23.4 Å². The van der Waals surface area contributed by atoms with Crippen LogP contribution in [-0.2, 0) is 6.42 Å². The third kappa shape index (κ3) is 1.87. The minimum atomic E-state index is 0.222. The van der Waals surface area contributed by atoms with Crippen LogP contribution in [0.3, 0.4) is 0 Å². The molecular weight excluding hydrogens is 292 g/mol. The highest BCUT2D eigenvalue weighted by molar-refractivity contribution is 7.99. The molecule has 0 amide bonds. The highest BCUT2D eigenvalue weighted by Crippen LogP contribution is 2.46. The molecule has 1 atom stereocenters. The van der Waals surface area contributed by atoms with Gasteiger partial charge in [-0.25, -0.2) is 4.98 Å². The number of rotatable bonds is 1. The third-order valence-electron chi connectivity index (χ3n) is 3.45. The lowest BCUT2D eigenvalue weighted by atomic mass is 10.1. The van der Waals surface area contributed by atoms with Crippen LogP contribution in [0, 0.1) is 0 Å². The summed E-state index contributed by atoms with van der Waals surface area (Å²) in [5, 5.41) is 0.736. The zero-order valence-corrected chi connectivity index (χ0v) is 12.0. The molecule has 100 valence electrons. The summed E-state index contributed by atoms with van der Waals surface area (Å²) in [6, 6.07) is 11.9. The van der Waals surface area contributed by atoms with E-state index in [1.165, 1.54) is 10.5 Å². The van der Waals surface area contributed by atoms with Gasteiger partial charge < -0.3 is 10.2 Å². The van der Waals surface area contributed by atoms with Crippen molar-refractivity contribution in [3.8, 4) is 0 Å². The van der Waals surface area contributed by atoms with Crippen LogP contribution in [0.15, 0.2) is 45.7 Å². The number of anilines is 1. The summed E-state index contributed by atoms with van der Waals surface area (Å²) in [5.74, 6) is 0.739. The fourth-order valence-electron chi connectivity index (χ4n) is 2.44. The van der Waals surface area contributed by atoms with Gasteiger partial charge in [0.15, 0.2) is 5.58 Å². The molecule has 1 aliphatic rings. The molecule has 0 aliphatic carbocycles. The van der Waals surface area contributed by atoms with E-state index in [4.69, 9.17) is 21.8 Å². The Bertz CT molecular complexity index is 751. The molecule has 2 heterocycles. The molecule has 2 N–H and O–H groups in total. The first-order valence-electron chi connectivity index (χ1n) is 6.31. The topological polar surface area (TPSA) is 52.0 Å². The van der Waals surface area contributed by atoms with Gasteiger partial charge in [-0.2, -0.15) is 0 Å². The molecule has 0 saturated carbocycles. The maximum Gasteiger partial charge on any atom is 0.209 e. The molecule has 1 aliphatic heterocycles. The monoisotopic (exact) mass is 302 g/mol. The van der Waals surface area contributed by atoms with Gasteiger partial charge in [0.25, 0.3) is 0 Å². The maximum atomic E-state index is 6.02. The van der Waals surface area contributed by atoms with Crippen LogP contribution in [0.4, 0.5) is 5.69 Å². The Morgan fingerprint density at radius 2 is 2.15 bits per heavy atom. The van der Waals surface area contributed by atoms with Crippen molar-refractivity contribution in [3.63, 3.8) is 0 Å². The first kappa shape index (κ1) is 12.1. The van der Waals surface area contributed by atoms with Gasteiger partial charge in [0, 0.05) is 11.0 Å². The predicted molar refractivity (Wildman–Crippen MR) is 82.2 cm³/mol. The van der Waals surface area contributed by atoms with Crippen LogP contribution < -0.4 is 5.73 Å². The van der Waals surface area contributed by atoms with E-state index in [-0.39, 0.29) is 5.25 Å². The summed E-state index contributed by atoms with van der Waals surface area (Å²) in [4.78, 5) is 5.86. The zero-order valence-electron chi connectivity index (χ0n) is 10.5. The number of halogens is 1. The van der Waals surface area contributed by atoms with E-state index in [0.717, 1.165) is 17.8 Å². The van der Waals surface area contributed by atoms with Gasteiger partial charge in [-0.15, -0.1) is 11.8 Å². The average Bonchev–Trinajstić information content (AvgIpc) is 3.02. The fraction of sp³-hybridized carbons (Fsp3) is 0.133. The van der Waals surface area contributed by atoms with E-state index < -0.39 is 0 Å². The molecule has 0 radical (unpaired) electrons. The minimum absolute atomic E-state index is 0.222. The van der Waals surface area contributed by atoms with Gasteiger partial charge in [-0.05, 0) is 24.1 Å². The molecule has 0 saturated heterocycles. The number of benzene rings is 2. The zero-order chi connectivity index (χ0) is 13.7. The number of hydrogen-bond donors (Lipinski definition) is 1. The Hall–Kier alpha value is -1.65. The number of nitrogens with zero attached hydrogens (tertiary/aromatic N) is 1. The van der Waals surface area contributed by atoms with Crippen LogP contribution in [0.2, 0.25) is 5.02 Å². The number of aromatic nitrogens is 1. The van der Waals surface area contributed by atoms with E-state index in [1.54, 1.807) is 23.9 Å². The second-order valence-corrected chi connectivity index (χ2v) is 6.46. The summed E-state index contributed by atoms with van der Waals surface area (Å²) < 4.78 is 5.85. The summed E-state index contributed by atoms with van der Waals surface area (Å²) in [5.41, 5.74) is 9.11. The van der Waals surface area contributed by atoms with Crippen molar-refractivity contribution in [1.29, 1.82) is 0 Å². The molecule has 1 unspecified atom stereocenters. The Labute approximate surface area is 125 Å².